The topological polar surface area (TPSA) is 38.0 Å². The zero-order valence-corrected chi connectivity index (χ0v) is 14.3. The third kappa shape index (κ3) is 3.19. The van der Waals surface area contributed by atoms with Crippen molar-refractivity contribution < 1.29 is 5.11 Å². The van der Waals surface area contributed by atoms with Crippen LogP contribution in [-0.2, 0) is 13.0 Å². The fourth-order valence-corrected chi connectivity index (χ4v) is 2.73. The van der Waals surface area contributed by atoms with E-state index in [9.17, 15) is 5.11 Å². The Labute approximate surface area is 136 Å². The molecule has 1 aromatic carbocycles. The third-order valence-corrected chi connectivity index (χ3v) is 4.89. The van der Waals surface area contributed by atoms with Crippen LogP contribution < -0.4 is 0 Å². The van der Waals surface area contributed by atoms with Crippen molar-refractivity contribution >= 4 is 39.1 Å². The van der Waals surface area contributed by atoms with E-state index in [4.69, 9.17) is 23.2 Å². The lowest BCUT2D eigenvalue weighted by Gasteiger charge is -2.13. The van der Waals surface area contributed by atoms with Gasteiger partial charge in [-0.3, -0.25) is 4.68 Å². The second-order valence-corrected chi connectivity index (χ2v) is 6.19. The molecule has 0 spiro atoms. The van der Waals surface area contributed by atoms with E-state index in [0.717, 1.165) is 28.0 Å². The van der Waals surface area contributed by atoms with Crippen LogP contribution >= 0.6 is 39.1 Å². The summed E-state index contributed by atoms with van der Waals surface area (Å²) in [7, 11) is 0. The molecule has 1 unspecified atom stereocenters. The summed E-state index contributed by atoms with van der Waals surface area (Å²) >= 11 is 15.6. The standard InChI is InChI=1S/C14H15BrCl2N2O/c1-3-19-12(14(17)8(2)18-19)7-13(20)9-4-5-10(15)11(16)6-9/h4-6,13,20H,3,7H2,1-2H3. The van der Waals surface area contributed by atoms with Crippen molar-refractivity contribution in [1.29, 1.82) is 0 Å². The summed E-state index contributed by atoms with van der Waals surface area (Å²) in [6, 6.07) is 5.42. The van der Waals surface area contributed by atoms with Gasteiger partial charge in [0.25, 0.3) is 0 Å². The molecule has 1 heterocycles. The highest BCUT2D eigenvalue weighted by Gasteiger charge is 2.18. The summed E-state index contributed by atoms with van der Waals surface area (Å²) in [5.74, 6) is 0. The van der Waals surface area contributed by atoms with Gasteiger partial charge in [0, 0.05) is 17.4 Å². The summed E-state index contributed by atoms with van der Waals surface area (Å²) in [5.41, 5.74) is 2.39. The number of aryl methyl sites for hydroxylation is 2. The zero-order valence-electron chi connectivity index (χ0n) is 11.2. The SMILES string of the molecule is CCn1nc(C)c(Cl)c1CC(O)c1ccc(Br)c(Cl)c1. The van der Waals surface area contributed by atoms with Gasteiger partial charge in [0.1, 0.15) is 0 Å². The van der Waals surface area contributed by atoms with E-state index in [0.29, 0.717) is 16.5 Å². The van der Waals surface area contributed by atoms with Gasteiger partial charge in [-0.25, -0.2) is 0 Å². The molecule has 0 saturated heterocycles. The number of rotatable bonds is 4. The highest BCUT2D eigenvalue weighted by Crippen LogP contribution is 2.29. The summed E-state index contributed by atoms with van der Waals surface area (Å²) < 4.78 is 2.63. The predicted octanol–water partition coefficient (Wildman–Crippen LogP) is 4.56. The molecule has 6 heteroatoms. The van der Waals surface area contributed by atoms with Crippen LogP contribution in [-0.4, -0.2) is 14.9 Å². The number of aliphatic hydroxyl groups is 1. The Hall–Kier alpha value is -0.550. The van der Waals surface area contributed by atoms with E-state index in [1.165, 1.54) is 0 Å². The van der Waals surface area contributed by atoms with Gasteiger partial charge < -0.3 is 5.11 Å². The van der Waals surface area contributed by atoms with Crippen molar-refractivity contribution in [3.8, 4) is 0 Å². The molecule has 1 aromatic heterocycles. The maximum Gasteiger partial charge on any atom is 0.0848 e. The molecule has 0 aliphatic heterocycles. The molecule has 20 heavy (non-hydrogen) atoms. The van der Waals surface area contributed by atoms with Crippen LogP contribution in [0.25, 0.3) is 0 Å². The van der Waals surface area contributed by atoms with Crippen LogP contribution in [0.2, 0.25) is 10.0 Å². The maximum absolute atomic E-state index is 10.4. The number of hydrogen-bond donors (Lipinski definition) is 1. The number of aromatic nitrogens is 2. The van der Waals surface area contributed by atoms with Gasteiger partial charge in [-0.2, -0.15) is 5.10 Å². The lowest BCUT2D eigenvalue weighted by atomic mass is 10.0. The van der Waals surface area contributed by atoms with Gasteiger partial charge in [-0.1, -0.05) is 29.3 Å². The number of benzene rings is 1. The van der Waals surface area contributed by atoms with Crippen molar-refractivity contribution in [2.75, 3.05) is 0 Å². The molecule has 0 bridgehead atoms. The molecule has 0 aliphatic rings. The molecule has 0 aliphatic carbocycles. The Bertz CT molecular complexity index is 628. The van der Waals surface area contributed by atoms with E-state index in [1.807, 2.05) is 30.7 Å². The summed E-state index contributed by atoms with van der Waals surface area (Å²) in [5, 5.41) is 15.9. The summed E-state index contributed by atoms with van der Waals surface area (Å²) in [4.78, 5) is 0. The number of hydrogen-bond acceptors (Lipinski definition) is 2. The molecule has 0 amide bonds. The minimum Gasteiger partial charge on any atom is -0.388 e. The molecule has 0 radical (unpaired) electrons. The van der Waals surface area contributed by atoms with Crippen LogP contribution in [0.1, 0.15) is 30.0 Å². The van der Waals surface area contributed by atoms with Crippen LogP contribution in [0.3, 0.4) is 0 Å². The van der Waals surface area contributed by atoms with E-state index in [-0.39, 0.29) is 0 Å². The van der Waals surface area contributed by atoms with Gasteiger partial charge in [0.2, 0.25) is 0 Å². The fraction of sp³-hybridized carbons (Fsp3) is 0.357. The monoisotopic (exact) mass is 376 g/mol. The molecule has 108 valence electrons. The average molecular weight is 378 g/mol. The molecule has 2 rings (SSSR count). The van der Waals surface area contributed by atoms with Crippen LogP contribution in [0.15, 0.2) is 22.7 Å². The Morgan fingerprint density at radius 3 is 2.70 bits per heavy atom. The van der Waals surface area contributed by atoms with Gasteiger partial charge in [0.15, 0.2) is 0 Å². The Kier molecular flexibility index (Phi) is 5.13. The van der Waals surface area contributed by atoms with E-state index < -0.39 is 6.10 Å². The third-order valence-electron chi connectivity index (χ3n) is 3.17. The van der Waals surface area contributed by atoms with Crippen molar-refractivity contribution in [3.05, 3.63) is 49.7 Å². The normalized spacial score (nSPS) is 12.7. The summed E-state index contributed by atoms with van der Waals surface area (Å²) in [6.45, 7) is 4.58. The predicted molar refractivity (Wildman–Crippen MR) is 85.5 cm³/mol. The van der Waals surface area contributed by atoms with Crippen LogP contribution in [0, 0.1) is 6.92 Å². The zero-order chi connectivity index (χ0) is 14.9. The molecule has 0 saturated carbocycles. The van der Waals surface area contributed by atoms with E-state index in [1.54, 1.807) is 6.07 Å². The largest absolute Gasteiger partial charge is 0.388 e. The number of nitrogens with zero attached hydrogens (tertiary/aromatic N) is 2. The number of halogens is 3. The van der Waals surface area contributed by atoms with Gasteiger partial charge >= 0.3 is 0 Å². The van der Waals surface area contributed by atoms with E-state index in [2.05, 4.69) is 21.0 Å². The molecule has 1 N–H and O–H groups in total. The van der Waals surface area contributed by atoms with Gasteiger partial charge in [0.05, 0.1) is 27.5 Å². The van der Waals surface area contributed by atoms with E-state index >= 15 is 0 Å². The fourth-order valence-electron chi connectivity index (χ4n) is 2.08. The molecular formula is C14H15BrCl2N2O. The molecule has 3 nitrogen and oxygen atoms in total. The molecule has 1 atom stereocenters. The first-order chi connectivity index (χ1) is 9.43. The molecular weight excluding hydrogens is 363 g/mol. The molecule has 2 aromatic rings. The first kappa shape index (κ1) is 15.8. The van der Waals surface area contributed by atoms with Gasteiger partial charge in [-0.05, 0) is 47.5 Å². The van der Waals surface area contributed by atoms with Gasteiger partial charge in [-0.15, -0.1) is 0 Å². The minimum absolute atomic E-state index is 0.408. The van der Waals surface area contributed by atoms with Crippen molar-refractivity contribution in [1.82, 2.24) is 9.78 Å². The van der Waals surface area contributed by atoms with Crippen molar-refractivity contribution in [2.24, 2.45) is 0 Å². The Morgan fingerprint density at radius 1 is 1.40 bits per heavy atom. The highest BCUT2D eigenvalue weighted by atomic mass is 79.9. The maximum atomic E-state index is 10.4. The Morgan fingerprint density at radius 2 is 2.10 bits per heavy atom. The quantitative estimate of drug-likeness (QED) is 0.848. The molecule has 0 fully saturated rings. The lowest BCUT2D eigenvalue weighted by molar-refractivity contribution is 0.175. The smallest absolute Gasteiger partial charge is 0.0848 e. The van der Waals surface area contributed by atoms with Crippen LogP contribution in [0.5, 0.6) is 0 Å². The Balaban J connectivity index is 2.27. The first-order valence-corrected chi connectivity index (χ1v) is 7.83. The lowest BCUT2D eigenvalue weighted by Crippen LogP contribution is -2.09. The van der Waals surface area contributed by atoms with Crippen molar-refractivity contribution in [2.45, 2.75) is 32.9 Å². The number of aliphatic hydroxyl groups excluding tert-OH is 1. The second kappa shape index (κ2) is 6.48. The van der Waals surface area contributed by atoms with Crippen molar-refractivity contribution in [3.63, 3.8) is 0 Å². The second-order valence-electron chi connectivity index (χ2n) is 4.56. The highest BCUT2D eigenvalue weighted by molar-refractivity contribution is 9.10. The average Bonchev–Trinajstić information content (AvgIpc) is 2.69. The minimum atomic E-state index is -0.667. The van der Waals surface area contributed by atoms with Crippen LogP contribution in [0.4, 0.5) is 0 Å². The summed E-state index contributed by atoms with van der Waals surface area (Å²) in [6.07, 6.45) is -0.259. The first-order valence-electron chi connectivity index (χ1n) is 6.28.